The Hall–Kier alpha value is -2.90. The fraction of sp³-hybridized carbons (Fsp3) is 0.444. The van der Waals surface area contributed by atoms with Crippen LogP contribution in [-0.4, -0.2) is 46.3 Å². The van der Waals surface area contributed by atoms with Crippen LogP contribution in [-0.2, 0) is 20.9 Å². The number of likely N-dealkylation sites (tertiary alicyclic amines) is 1. The van der Waals surface area contributed by atoms with Gasteiger partial charge in [0.05, 0.1) is 0 Å². The second kappa shape index (κ2) is 8.46. The number of esters is 1. The third kappa shape index (κ3) is 4.59. The van der Waals surface area contributed by atoms with Gasteiger partial charge in [-0.15, -0.1) is 5.10 Å². The minimum absolute atomic E-state index is 0.129. The van der Waals surface area contributed by atoms with Gasteiger partial charge in [-0.25, -0.2) is 4.79 Å². The first-order chi connectivity index (χ1) is 12.6. The molecule has 26 heavy (non-hydrogen) atoms. The van der Waals surface area contributed by atoms with Crippen molar-refractivity contribution in [2.24, 2.45) is 0 Å². The predicted octanol–water partition coefficient (Wildman–Crippen LogP) is 1.45. The molecule has 1 fully saturated rings. The summed E-state index contributed by atoms with van der Waals surface area (Å²) in [5.74, 6) is -1.54. The van der Waals surface area contributed by atoms with E-state index < -0.39 is 18.3 Å². The number of carbonyl (C=O) groups is 2. The molecule has 0 bridgehead atoms. The van der Waals surface area contributed by atoms with Crippen molar-refractivity contribution in [1.29, 1.82) is 0 Å². The van der Waals surface area contributed by atoms with Gasteiger partial charge in [-0.2, -0.15) is 4.68 Å². The topological polar surface area (TPSA) is 94.6 Å². The molecule has 0 atom stereocenters. The van der Waals surface area contributed by atoms with Crippen molar-refractivity contribution in [3.8, 4) is 11.5 Å². The number of ether oxygens (including phenoxy) is 1. The van der Waals surface area contributed by atoms with Gasteiger partial charge in [-0.3, -0.25) is 9.59 Å². The lowest BCUT2D eigenvalue weighted by atomic mass is 10.2. The molecule has 138 valence electrons. The van der Waals surface area contributed by atoms with Crippen LogP contribution in [0.5, 0.6) is 0 Å². The molecule has 1 amide bonds. The number of benzene rings is 1. The molecule has 0 spiro atoms. The second-order valence-corrected chi connectivity index (χ2v) is 6.15. The number of hydrogen-bond acceptors (Lipinski definition) is 6. The van der Waals surface area contributed by atoms with Crippen molar-refractivity contribution in [2.45, 2.75) is 32.2 Å². The highest BCUT2D eigenvalue weighted by molar-refractivity contribution is 5.80. The van der Waals surface area contributed by atoms with Crippen LogP contribution in [0.15, 0.2) is 39.5 Å². The summed E-state index contributed by atoms with van der Waals surface area (Å²) in [6.45, 7) is 0.665. The standard InChI is InChI=1S/C18H21N3O5/c22-15(20-10-6-1-2-7-11-20)13-25-16(23)12-21-18(24)26-17(19-21)14-8-4-3-5-9-14/h3-5,8-9H,1-2,6-7,10-13H2. The summed E-state index contributed by atoms with van der Waals surface area (Å²) in [4.78, 5) is 37.6. The molecule has 0 unspecified atom stereocenters. The third-order valence-electron chi connectivity index (χ3n) is 4.22. The largest absolute Gasteiger partial charge is 0.454 e. The smallest absolute Gasteiger partial charge is 0.437 e. The van der Waals surface area contributed by atoms with Gasteiger partial charge in [0.1, 0.15) is 6.54 Å². The van der Waals surface area contributed by atoms with Crippen LogP contribution in [0.3, 0.4) is 0 Å². The summed E-state index contributed by atoms with van der Waals surface area (Å²) in [6, 6.07) is 8.90. The predicted molar refractivity (Wildman–Crippen MR) is 92.2 cm³/mol. The molecule has 2 heterocycles. The van der Waals surface area contributed by atoms with Crippen molar-refractivity contribution in [1.82, 2.24) is 14.7 Å². The molecule has 8 heteroatoms. The van der Waals surface area contributed by atoms with E-state index in [0.29, 0.717) is 18.7 Å². The van der Waals surface area contributed by atoms with E-state index in [1.54, 1.807) is 29.2 Å². The maximum absolute atomic E-state index is 12.1. The van der Waals surface area contributed by atoms with Gasteiger partial charge < -0.3 is 14.1 Å². The average Bonchev–Trinajstić information content (AvgIpc) is 2.86. The number of nitrogens with zero attached hydrogens (tertiary/aromatic N) is 3. The molecule has 0 saturated carbocycles. The fourth-order valence-corrected chi connectivity index (χ4v) is 2.83. The van der Waals surface area contributed by atoms with Crippen molar-refractivity contribution in [3.63, 3.8) is 0 Å². The van der Waals surface area contributed by atoms with Crippen LogP contribution in [0.25, 0.3) is 11.5 Å². The molecule has 1 aromatic heterocycles. The normalized spacial score (nSPS) is 14.7. The summed E-state index contributed by atoms with van der Waals surface area (Å²) < 4.78 is 10.9. The van der Waals surface area contributed by atoms with Gasteiger partial charge in [-0.05, 0) is 25.0 Å². The van der Waals surface area contributed by atoms with E-state index >= 15 is 0 Å². The number of aromatic nitrogens is 2. The van der Waals surface area contributed by atoms with Crippen LogP contribution >= 0.6 is 0 Å². The molecule has 3 rings (SSSR count). The van der Waals surface area contributed by atoms with E-state index in [-0.39, 0.29) is 18.4 Å². The summed E-state index contributed by atoms with van der Waals surface area (Å²) >= 11 is 0. The van der Waals surface area contributed by atoms with Crippen molar-refractivity contribution >= 4 is 11.9 Å². The average molecular weight is 359 g/mol. The minimum Gasteiger partial charge on any atom is -0.454 e. The molecule has 1 aromatic carbocycles. The maximum Gasteiger partial charge on any atom is 0.437 e. The van der Waals surface area contributed by atoms with Gasteiger partial charge in [0.15, 0.2) is 6.61 Å². The zero-order valence-corrected chi connectivity index (χ0v) is 14.4. The zero-order valence-electron chi connectivity index (χ0n) is 14.4. The Labute approximate surface area is 150 Å². The fourth-order valence-electron chi connectivity index (χ4n) is 2.83. The van der Waals surface area contributed by atoms with Crippen molar-refractivity contribution < 1.29 is 18.7 Å². The van der Waals surface area contributed by atoms with Crippen LogP contribution in [0.2, 0.25) is 0 Å². The minimum atomic E-state index is -0.750. The number of amides is 1. The molecule has 1 aliphatic heterocycles. The molecule has 0 aliphatic carbocycles. The Bertz CT molecular complexity index is 804. The zero-order chi connectivity index (χ0) is 18.4. The summed E-state index contributed by atoms with van der Waals surface area (Å²) in [7, 11) is 0. The highest BCUT2D eigenvalue weighted by Gasteiger charge is 2.18. The van der Waals surface area contributed by atoms with E-state index in [1.165, 1.54) is 0 Å². The van der Waals surface area contributed by atoms with Crippen LogP contribution < -0.4 is 5.76 Å². The first-order valence-electron chi connectivity index (χ1n) is 8.70. The lowest BCUT2D eigenvalue weighted by molar-refractivity contribution is -0.152. The number of rotatable bonds is 5. The summed E-state index contributed by atoms with van der Waals surface area (Å²) in [5, 5.41) is 3.99. The van der Waals surface area contributed by atoms with Crippen LogP contribution in [0.1, 0.15) is 25.7 Å². The van der Waals surface area contributed by atoms with Crippen molar-refractivity contribution in [3.05, 3.63) is 40.9 Å². The van der Waals surface area contributed by atoms with Gasteiger partial charge in [-0.1, -0.05) is 31.0 Å². The lowest BCUT2D eigenvalue weighted by Gasteiger charge is -2.19. The number of carbonyl (C=O) groups excluding carboxylic acids is 2. The lowest BCUT2D eigenvalue weighted by Crippen LogP contribution is -2.36. The van der Waals surface area contributed by atoms with Gasteiger partial charge >= 0.3 is 11.7 Å². The first-order valence-corrected chi connectivity index (χ1v) is 8.70. The highest BCUT2D eigenvalue weighted by atomic mass is 16.5. The van der Waals surface area contributed by atoms with Gasteiger partial charge in [0, 0.05) is 18.7 Å². The Morgan fingerprint density at radius 3 is 2.46 bits per heavy atom. The highest BCUT2D eigenvalue weighted by Crippen LogP contribution is 2.14. The van der Waals surface area contributed by atoms with Gasteiger partial charge in [0.25, 0.3) is 5.91 Å². The van der Waals surface area contributed by atoms with E-state index in [0.717, 1.165) is 30.4 Å². The van der Waals surface area contributed by atoms with E-state index in [2.05, 4.69) is 5.10 Å². The van der Waals surface area contributed by atoms with E-state index in [1.807, 2.05) is 6.07 Å². The molecule has 0 radical (unpaired) electrons. The van der Waals surface area contributed by atoms with E-state index in [4.69, 9.17) is 9.15 Å². The molecular formula is C18H21N3O5. The molecule has 8 nitrogen and oxygen atoms in total. The third-order valence-corrected chi connectivity index (χ3v) is 4.22. The maximum atomic E-state index is 12.1. The quantitative estimate of drug-likeness (QED) is 0.750. The Morgan fingerprint density at radius 2 is 1.77 bits per heavy atom. The van der Waals surface area contributed by atoms with Crippen LogP contribution in [0.4, 0.5) is 0 Å². The summed E-state index contributed by atoms with van der Waals surface area (Å²) in [6.07, 6.45) is 4.16. The monoisotopic (exact) mass is 359 g/mol. The second-order valence-electron chi connectivity index (χ2n) is 6.15. The first kappa shape index (κ1) is 17.9. The molecular weight excluding hydrogens is 338 g/mol. The Morgan fingerprint density at radius 1 is 1.08 bits per heavy atom. The van der Waals surface area contributed by atoms with Crippen LogP contribution in [0, 0.1) is 0 Å². The molecule has 2 aromatic rings. The SMILES string of the molecule is O=C(Cn1nc(-c2ccccc2)oc1=O)OCC(=O)N1CCCCCC1. The van der Waals surface area contributed by atoms with Crippen molar-refractivity contribution in [2.75, 3.05) is 19.7 Å². The summed E-state index contributed by atoms with van der Waals surface area (Å²) in [5.41, 5.74) is 0.632. The van der Waals surface area contributed by atoms with Gasteiger partial charge in [0.2, 0.25) is 5.89 Å². The Kier molecular flexibility index (Phi) is 5.83. The van der Waals surface area contributed by atoms with E-state index in [9.17, 15) is 14.4 Å². The molecule has 1 saturated heterocycles. The molecule has 0 N–H and O–H groups in total. The number of hydrogen-bond donors (Lipinski definition) is 0. The Balaban J connectivity index is 1.54. The molecule has 1 aliphatic rings.